The van der Waals surface area contributed by atoms with Gasteiger partial charge >= 0.3 is 0 Å². The van der Waals surface area contributed by atoms with Crippen LogP contribution in [-0.4, -0.2) is 10.8 Å². The third-order valence-electron chi connectivity index (χ3n) is 4.88. The van der Waals surface area contributed by atoms with Gasteiger partial charge in [-0.3, -0.25) is 19.8 Å². The van der Waals surface area contributed by atoms with Crippen LogP contribution in [0.4, 0.5) is 17.1 Å². The van der Waals surface area contributed by atoms with E-state index in [1.54, 1.807) is 4.90 Å². The fraction of sp³-hybridized carbons (Fsp3) is 0.0417. The van der Waals surface area contributed by atoms with Gasteiger partial charge in [-0.05, 0) is 53.6 Å². The average molecular weight is 382 g/mol. The molecule has 0 atom stereocenters. The van der Waals surface area contributed by atoms with Crippen LogP contribution in [0.15, 0.2) is 91.0 Å². The van der Waals surface area contributed by atoms with E-state index in [-0.39, 0.29) is 11.6 Å². The van der Waals surface area contributed by atoms with Crippen molar-refractivity contribution >= 4 is 33.7 Å². The normalized spacial score (nSPS) is 10.7. The number of fused-ring (bicyclic) bond motifs is 1. The lowest BCUT2D eigenvalue weighted by Gasteiger charge is -2.25. The molecule has 142 valence electrons. The van der Waals surface area contributed by atoms with E-state index >= 15 is 0 Å². The number of hydrogen-bond acceptors (Lipinski definition) is 3. The monoisotopic (exact) mass is 382 g/mol. The van der Waals surface area contributed by atoms with Gasteiger partial charge in [0.2, 0.25) is 0 Å². The van der Waals surface area contributed by atoms with Crippen LogP contribution < -0.4 is 4.90 Å². The summed E-state index contributed by atoms with van der Waals surface area (Å²) in [6.07, 6.45) is 0. The lowest BCUT2D eigenvalue weighted by atomic mass is 10.1. The lowest BCUT2D eigenvalue weighted by Crippen LogP contribution is -2.26. The summed E-state index contributed by atoms with van der Waals surface area (Å²) in [6.45, 7) is 1.95. The first-order valence-electron chi connectivity index (χ1n) is 9.18. The van der Waals surface area contributed by atoms with Crippen LogP contribution >= 0.6 is 0 Å². The number of rotatable bonds is 4. The molecule has 5 heteroatoms. The predicted octanol–water partition coefficient (Wildman–Crippen LogP) is 6.03. The van der Waals surface area contributed by atoms with E-state index in [9.17, 15) is 14.9 Å². The number of amides is 1. The van der Waals surface area contributed by atoms with Gasteiger partial charge in [0.1, 0.15) is 0 Å². The average Bonchev–Trinajstić information content (AvgIpc) is 2.75. The number of nitro benzene ring substituents is 1. The van der Waals surface area contributed by atoms with E-state index in [0.717, 1.165) is 27.7 Å². The number of non-ortho nitro benzene ring substituents is 1. The number of anilines is 2. The molecule has 0 aliphatic carbocycles. The van der Waals surface area contributed by atoms with E-state index in [1.165, 1.54) is 24.3 Å². The summed E-state index contributed by atoms with van der Waals surface area (Å²) in [7, 11) is 0. The van der Waals surface area contributed by atoms with Crippen molar-refractivity contribution in [2.45, 2.75) is 6.92 Å². The van der Waals surface area contributed by atoms with E-state index in [0.29, 0.717) is 5.56 Å². The quantitative estimate of drug-likeness (QED) is 0.319. The molecule has 4 aromatic rings. The van der Waals surface area contributed by atoms with Crippen LogP contribution in [0.1, 0.15) is 15.9 Å². The van der Waals surface area contributed by atoms with Gasteiger partial charge in [-0.15, -0.1) is 0 Å². The number of nitro groups is 1. The summed E-state index contributed by atoms with van der Waals surface area (Å²) < 4.78 is 0. The van der Waals surface area contributed by atoms with Gasteiger partial charge in [0.15, 0.2) is 0 Å². The fourth-order valence-electron chi connectivity index (χ4n) is 3.35. The van der Waals surface area contributed by atoms with E-state index in [4.69, 9.17) is 0 Å². The summed E-state index contributed by atoms with van der Waals surface area (Å²) in [4.78, 5) is 25.6. The van der Waals surface area contributed by atoms with Crippen molar-refractivity contribution in [2.24, 2.45) is 0 Å². The van der Waals surface area contributed by atoms with E-state index in [2.05, 4.69) is 0 Å². The SMILES string of the molecule is Cc1ccccc1N(C(=O)c1ccc([N+](=O)[O-])cc1)c1ccc2ccccc2c1. The van der Waals surface area contributed by atoms with Crippen molar-refractivity contribution in [1.82, 2.24) is 0 Å². The van der Waals surface area contributed by atoms with Crippen LogP contribution in [0.25, 0.3) is 10.8 Å². The molecule has 0 N–H and O–H groups in total. The highest BCUT2D eigenvalue weighted by atomic mass is 16.6. The van der Waals surface area contributed by atoms with Gasteiger partial charge in [-0.2, -0.15) is 0 Å². The Balaban J connectivity index is 1.84. The number of carbonyl (C=O) groups is 1. The van der Waals surface area contributed by atoms with Gasteiger partial charge in [0, 0.05) is 23.4 Å². The first-order chi connectivity index (χ1) is 14.0. The Morgan fingerprint density at radius 2 is 1.48 bits per heavy atom. The van der Waals surface area contributed by atoms with Crippen molar-refractivity contribution in [3.63, 3.8) is 0 Å². The molecule has 0 bridgehead atoms. The van der Waals surface area contributed by atoms with Crippen molar-refractivity contribution in [3.8, 4) is 0 Å². The highest BCUT2D eigenvalue weighted by molar-refractivity contribution is 6.12. The Morgan fingerprint density at radius 3 is 2.17 bits per heavy atom. The van der Waals surface area contributed by atoms with Gasteiger partial charge < -0.3 is 0 Å². The van der Waals surface area contributed by atoms with Crippen LogP contribution in [0.3, 0.4) is 0 Å². The number of nitrogens with zero attached hydrogens (tertiary/aromatic N) is 2. The van der Waals surface area contributed by atoms with Gasteiger partial charge in [0.25, 0.3) is 11.6 Å². The molecule has 0 heterocycles. The fourth-order valence-corrected chi connectivity index (χ4v) is 3.35. The molecule has 4 aromatic carbocycles. The second kappa shape index (κ2) is 7.56. The Kier molecular flexibility index (Phi) is 4.79. The zero-order valence-electron chi connectivity index (χ0n) is 15.8. The molecular formula is C24H18N2O3. The number of aryl methyl sites for hydroxylation is 1. The minimum atomic E-state index is -0.475. The molecular weight excluding hydrogens is 364 g/mol. The molecule has 1 amide bonds. The molecule has 0 radical (unpaired) electrons. The molecule has 4 rings (SSSR count). The summed E-state index contributed by atoms with van der Waals surface area (Å²) in [5.74, 6) is -0.246. The van der Waals surface area contributed by atoms with Crippen molar-refractivity contribution < 1.29 is 9.72 Å². The van der Waals surface area contributed by atoms with Crippen LogP contribution in [-0.2, 0) is 0 Å². The lowest BCUT2D eigenvalue weighted by molar-refractivity contribution is -0.384. The Labute approximate surface area is 168 Å². The van der Waals surface area contributed by atoms with Crippen molar-refractivity contribution in [1.29, 1.82) is 0 Å². The molecule has 0 saturated carbocycles. The molecule has 0 fully saturated rings. The highest BCUT2D eigenvalue weighted by Gasteiger charge is 2.22. The summed E-state index contributed by atoms with van der Waals surface area (Å²) in [5, 5.41) is 13.1. The molecule has 29 heavy (non-hydrogen) atoms. The minimum absolute atomic E-state index is 0.0466. The third-order valence-corrected chi connectivity index (χ3v) is 4.88. The van der Waals surface area contributed by atoms with E-state index in [1.807, 2.05) is 73.7 Å². The van der Waals surface area contributed by atoms with Crippen LogP contribution in [0, 0.1) is 17.0 Å². The zero-order chi connectivity index (χ0) is 20.4. The topological polar surface area (TPSA) is 63.5 Å². The smallest absolute Gasteiger partial charge is 0.269 e. The number of carbonyl (C=O) groups excluding carboxylic acids is 1. The first kappa shape index (κ1) is 18.4. The molecule has 0 aliphatic rings. The number of para-hydroxylation sites is 1. The Bertz CT molecular complexity index is 1220. The highest BCUT2D eigenvalue weighted by Crippen LogP contribution is 2.32. The van der Waals surface area contributed by atoms with Gasteiger partial charge in [-0.1, -0.05) is 48.5 Å². The maximum Gasteiger partial charge on any atom is 0.269 e. The largest absolute Gasteiger partial charge is 0.277 e. The molecule has 0 aliphatic heterocycles. The second-order valence-corrected chi connectivity index (χ2v) is 6.76. The van der Waals surface area contributed by atoms with Crippen LogP contribution in [0.2, 0.25) is 0 Å². The number of hydrogen-bond donors (Lipinski definition) is 0. The van der Waals surface area contributed by atoms with Gasteiger partial charge in [-0.25, -0.2) is 0 Å². The Hall–Kier alpha value is -3.99. The first-order valence-corrected chi connectivity index (χ1v) is 9.18. The predicted molar refractivity (Wildman–Crippen MR) is 115 cm³/mol. The van der Waals surface area contributed by atoms with Crippen molar-refractivity contribution in [3.05, 3.63) is 112 Å². The maximum absolute atomic E-state index is 13.5. The molecule has 0 saturated heterocycles. The summed E-state index contributed by atoms with van der Waals surface area (Å²) in [5.41, 5.74) is 2.80. The third kappa shape index (κ3) is 3.58. The van der Waals surface area contributed by atoms with E-state index < -0.39 is 4.92 Å². The van der Waals surface area contributed by atoms with Crippen LogP contribution in [0.5, 0.6) is 0 Å². The number of benzene rings is 4. The molecule has 0 unspecified atom stereocenters. The molecule has 0 spiro atoms. The summed E-state index contributed by atoms with van der Waals surface area (Å²) in [6, 6.07) is 27.2. The minimum Gasteiger partial charge on any atom is -0.277 e. The Morgan fingerprint density at radius 1 is 0.828 bits per heavy atom. The molecule has 0 aromatic heterocycles. The standard InChI is InChI=1S/C24H18N2O3/c1-17-6-2-5-9-23(17)25(22-15-10-18-7-3-4-8-20(18)16-22)24(27)19-11-13-21(14-12-19)26(28)29/h2-16H,1H3. The van der Waals surface area contributed by atoms with Gasteiger partial charge in [0.05, 0.1) is 10.6 Å². The second-order valence-electron chi connectivity index (χ2n) is 6.76. The summed E-state index contributed by atoms with van der Waals surface area (Å²) >= 11 is 0. The molecule has 5 nitrogen and oxygen atoms in total. The maximum atomic E-state index is 13.5. The zero-order valence-corrected chi connectivity index (χ0v) is 15.8. The van der Waals surface area contributed by atoms with Crippen molar-refractivity contribution in [2.75, 3.05) is 4.90 Å².